The number of anilines is 1. The number of ether oxygens (including phenoxy) is 1. The predicted molar refractivity (Wildman–Crippen MR) is 103 cm³/mol. The van der Waals surface area contributed by atoms with Gasteiger partial charge in [0.2, 0.25) is 0 Å². The Hall–Kier alpha value is -3.55. The van der Waals surface area contributed by atoms with Crippen molar-refractivity contribution in [2.75, 3.05) is 5.32 Å². The fourth-order valence-electron chi connectivity index (χ4n) is 2.55. The molecule has 0 bridgehead atoms. The van der Waals surface area contributed by atoms with Crippen LogP contribution in [-0.2, 0) is 0 Å². The van der Waals surface area contributed by atoms with Gasteiger partial charge in [-0.3, -0.25) is 4.79 Å². The third kappa shape index (κ3) is 5.97. The largest absolute Gasteiger partial charge is 0.573 e. The molecule has 0 atom stereocenters. The molecule has 2 aromatic carbocycles. The van der Waals surface area contributed by atoms with Crippen molar-refractivity contribution < 1.29 is 32.6 Å². The normalized spacial score (nSPS) is 12.1. The number of alkyl halides is 3. The molecule has 1 amide bonds. The summed E-state index contributed by atoms with van der Waals surface area (Å²) in [6, 6.07) is 9.28. The fourth-order valence-corrected chi connectivity index (χ4v) is 2.55. The number of halogens is 3. The summed E-state index contributed by atoms with van der Waals surface area (Å²) in [5, 5.41) is 11.6. The number of rotatable bonds is 6. The molecule has 0 unspecified atom stereocenters. The number of hydrogen-bond acceptors (Lipinski definition) is 3. The molecular weight excluding hydrogens is 387 g/mol. The van der Waals surface area contributed by atoms with Crippen LogP contribution in [0.25, 0.3) is 5.57 Å². The number of carbonyl (C=O) groups excluding carboxylic acids is 1. The zero-order valence-electron chi connectivity index (χ0n) is 15.6. The van der Waals surface area contributed by atoms with Gasteiger partial charge in [0.05, 0.1) is 11.3 Å². The van der Waals surface area contributed by atoms with Gasteiger partial charge in [-0.2, -0.15) is 0 Å². The van der Waals surface area contributed by atoms with Crippen molar-refractivity contribution in [1.29, 1.82) is 0 Å². The van der Waals surface area contributed by atoms with Crippen molar-refractivity contribution in [3.63, 3.8) is 0 Å². The molecule has 0 saturated carbocycles. The molecular formula is C21H18F3NO4. The molecule has 29 heavy (non-hydrogen) atoms. The van der Waals surface area contributed by atoms with Crippen LogP contribution in [0, 0.1) is 0 Å². The second kappa shape index (κ2) is 9.09. The minimum atomic E-state index is -4.96. The average molecular weight is 405 g/mol. The highest BCUT2D eigenvalue weighted by atomic mass is 19.4. The minimum Gasteiger partial charge on any atom is -0.478 e. The van der Waals surface area contributed by atoms with Crippen LogP contribution in [0.3, 0.4) is 0 Å². The molecule has 0 aliphatic rings. The SMILES string of the molecule is C/C=C\C(=C/C)c1ccc(C(=O)Nc2ccc(OC(F)(F)F)cc2C(=O)O)cc1. The van der Waals surface area contributed by atoms with Crippen LogP contribution in [0.5, 0.6) is 5.75 Å². The molecule has 2 N–H and O–H groups in total. The fraction of sp³-hybridized carbons (Fsp3) is 0.143. The van der Waals surface area contributed by atoms with Crippen LogP contribution in [0.15, 0.2) is 60.7 Å². The lowest BCUT2D eigenvalue weighted by Gasteiger charge is -2.13. The monoisotopic (exact) mass is 405 g/mol. The van der Waals surface area contributed by atoms with Gasteiger partial charge in [-0.05, 0) is 55.3 Å². The van der Waals surface area contributed by atoms with Crippen LogP contribution in [0.2, 0.25) is 0 Å². The smallest absolute Gasteiger partial charge is 0.478 e. The molecule has 8 heteroatoms. The Balaban J connectivity index is 2.25. The molecule has 2 aromatic rings. The predicted octanol–water partition coefficient (Wildman–Crippen LogP) is 5.52. The number of carbonyl (C=O) groups is 2. The molecule has 152 valence electrons. The molecule has 0 radical (unpaired) electrons. The van der Waals surface area contributed by atoms with E-state index in [9.17, 15) is 27.9 Å². The van der Waals surface area contributed by atoms with E-state index >= 15 is 0 Å². The molecule has 2 rings (SSSR count). The Morgan fingerprint density at radius 1 is 1.03 bits per heavy atom. The lowest BCUT2D eigenvalue weighted by molar-refractivity contribution is -0.274. The number of aromatic carboxylic acids is 1. The average Bonchev–Trinajstić information content (AvgIpc) is 2.66. The van der Waals surface area contributed by atoms with E-state index in [1.165, 1.54) is 0 Å². The van der Waals surface area contributed by atoms with Gasteiger partial charge in [0.15, 0.2) is 0 Å². The van der Waals surface area contributed by atoms with Crippen LogP contribution in [-0.4, -0.2) is 23.3 Å². The summed E-state index contributed by atoms with van der Waals surface area (Å²) in [6.45, 7) is 3.77. The highest BCUT2D eigenvalue weighted by Gasteiger charge is 2.31. The first-order valence-corrected chi connectivity index (χ1v) is 8.48. The summed E-state index contributed by atoms with van der Waals surface area (Å²) >= 11 is 0. The summed E-state index contributed by atoms with van der Waals surface area (Å²) in [5.74, 6) is -2.80. The van der Waals surface area contributed by atoms with E-state index in [2.05, 4.69) is 10.1 Å². The maximum atomic E-state index is 12.4. The van der Waals surface area contributed by atoms with Crippen LogP contribution < -0.4 is 10.1 Å². The Kier molecular flexibility index (Phi) is 6.82. The van der Waals surface area contributed by atoms with Crippen molar-refractivity contribution in [1.82, 2.24) is 0 Å². The second-order valence-electron chi connectivity index (χ2n) is 5.84. The summed E-state index contributed by atoms with van der Waals surface area (Å²) < 4.78 is 40.7. The maximum absolute atomic E-state index is 12.4. The van der Waals surface area contributed by atoms with Crippen molar-refractivity contribution in [2.24, 2.45) is 0 Å². The van der Waals surface area contributed by atoms with Crippen molar-refractivity contribution in [2.45, 2.75) is 20.2 Å². The summed E-state index contributed by atoms with van der Waals surface area (Å²) in [7, 11) is 0. The zero-order valence-corrected chi connectivity index (χ0v) is 15.6. The topological polar surface area (TPSA) is 75.6 Å². The standard InChI is InChI=1S/C21H18F3NO4/c1-3-5-13(4-2)14-6-8-15(9-7-14)19(26)25-18-11-10-16(29-21(22,23)24)12-17(18)20(27)28/h3-12H,1-2H3,(H,25,26)(H,27,28)/b5-3-,13-4+. The van der Waals surface area contributed by atoms with E-state index in [-0.39, 0.29) is 11.3 Å². The van der Waals surface area contributed by atoms with Crippen molar-refractivity contribution in [3.05, 3.63) is 77.4 Å². The molecule has 0 saturated heterocycles. The minimum absolute atomic E-state index is 0.149. The number of carboxylic acids is 1. The first-order chi connectivity index (χ1) is 13.6. The van der Waals surface area contributed by atoms with Gasteiger partial charge in [-0.15, -0.1) is 13.2 Å². The van der Waals surface area contributed by atoms with E-state index in [0.717, 1.165) is 23.3 Å². The van der Waals surface area contributed by atoms with Gasteiger partial charge in [0.1, 0.15) is 5.75 Å². The first-order valence-electron chi connectivity index (χ1n) is 8.48. The van der Waals surface area contributed by atoms with Gasteiger partial charge in [0, 0.05) is 5.56 Å². The number of carboxylic acid groups (broad SMARTS) is 1. The second-order valence-corrected chi connectivity index (χ2v) is 5.84. The number of allylic oxidation sites excluding steroid dienone is 4. The number of benzene rings is 2. The van der Waals surface area contributed by atoms with E-state index in [1.807, 2.05) is 32.1 Å². The van der Waals surface area contributed by atoms with Crippen molar-refractivity contribution in [3.8, 4) is 5.75 Å². The Bertz CT molecular complexity index is 961. The van der Waals surface area contributed by atoms with E-state index < -0.39 is 29.6 Å². The number of amides is 1. The summed E-state index contributed by atoms with van der Waals surface area (Å²) in [5.41, 5.74) is 1.44. The molecule has 0 heterocycles. The molecule has 0 aliphatic carbocycles. The van der Waals surface area contributed by atoms with E-state index in [1.54, 1.807) is 24.3 Å². The quantitative estimate of drug-likeness (QED) is 0.621. The van der Waals surface area contributed by atoms with Crippen LogP contribution >= 0.6 is 0 Å². The molecule has 0 fully saturated rings. The van der Waals surface area contributed by atoms with E-state index in [0.29, 0.717) is 6.07 Å². The lowest BCUT2D eigenvalue weighted by Crippen LogP contribution is -2.18. The van der Waals surface area contributed by atoms with Gasteiger partial charge in [0.25, 0.3) is 5.91 Å². The Labute approximate surface area is 165 Å². The molecule has 0 spiro atoms. The maximum Gasteiger partial charge on any atom is 0.573 e. The molecule has 0 aromatic heterocycles. The van der Waals surface area contributed by atoms with Gasteiger partial charge in [-0.25, -0.2) is 4.79 Å². The van der Waals surface area contributed by atoms with Crippen molar-refractivity contribution >= 4 is 23.1 Å². The number of hydrogen-bond donors (Lipinski definition) is 2. The molecule has 5 nitrogen and oxygen atoms in total. The Morgan fingerprint density at radius 2 is 1.66 bits per heavy atom. The number of nitrogens with one attached hydrogen (secondary N) is 1. The highest BCUT2D eigenvalue weighted by Crippen LogP contribution is 2.28. The van der Waals surface area contributed by atoms with Gasteiger partial charge < -0.3 is 15.2 Å². The zero-order chi connectivity index (χ0) is 21.6. The summed E-state index contributed by atoms with van der Waals surface area (Å²) in [4.78, 5) is 23.8. The van der Waals surface area contributed by atoms with Gasteiger partial charge >= 0.3 is 12.3 Å². The first kappa shape index (κ1) is 21.7. The van der Waals surface area contributed by atoms with Crippen LogP contribution in [0.1, 0.15) is 40.1 Å². The van der Waals surface area contributed by atoms with E-state index in [4.69, 9.17) is 0 Å². The Morgan fingerprint density at radius 3 is 2.17 bits per heavy atom. The summed E-state index contributed by atoms with van der Waals surface area (Å²) in [6.07, 6.45) is 0.758. The molecule has 0 aliphatic heterocycles. The lowest BCUT2D eigenvalue weighted by atomic mass is 10.0. The van der Waals surface area contributed by atoms with Crippen LogP contribution in [0.4, 0.5) is 18.9 Å². The third-order valence-electron chi connectivity index (χ3n) is 3.84. The van der Waals surface area contributed by atoms with Gasteiger partial charge in [-0.1, -0.05) is 30.4 Å². The highest BCUT2D eigenvalue weighted by molar-refractivity contribution is 6.08. The third-order valence-corrected chi connectivity index (χ3v) is 3.84.